The van der Waals surface area contributed by atoms with Gasteiger partial charge in [-0.25, -0.2) is 8.78 Å². The van der Waals surface area contributed by atoms with Gasteiger partial charge in [0.1, 0.15) is 17.3 Å². The summed E-state index contributed by atoms with van der Waals surface area (Å²) in [5, 5.41) is 3.96. The van der Waals surface area contributed by atoms with Crippen molar-refractivity contribution in [3.8, 4) is 23.0 Å². The molecular formula is C18H12F2N4O. The summed E-state index contributed by atoms with van der Waals surface area (Å²) in [6.45, 7) is 0.152. The number of halogens is 2. The van der Waals surface area contributed by atoms with Crippen molar-refractivity contribution < 1.29 is 13.3 Å². The molecule has 25 heavy (non-hydrogen) atoms. The van der Waals surface area contributed by atoms with E-state index in [1.54, 1.807) is 47.4 Å². The average molecular weight is 338 g/mol. The highest BCUT2D eigenvalue weighted by Crippen LogP contribution is 2.23. The van der Waals surface area contributed by atoms with Gasteiger partial charge in [0, 0.05) is 29.7 Å². The van der Waals surface area contributed by atoms with E-state index in [4.69, 9.17) is 4.52 Å². The minimum absolute atomic E-state index is 0.152. The lowest BCUT2D eigenvalue weighted by atomic mass is 10.2. The van der Waals surface area contributed by atoms with Crippen molar-refractivity contribution in [2.75, 3.05) is 0 Å². The van der Waals surface area contributed by atoms with Gasteiger partial charge < -0.3 is 9.09 Å². The molecule has 5 nitrogen and oxygen atoms in total. The van der Waals surface area contributed by atoms with Crippen molar-refractivity contribution >= 4 is 0 Å². The summed E-state index contributed by atoms with van der Waals surface area (Å²) in [4.78, 5) is 8.32. The molecule has 0 N–H and O–H groups in total. The Morgan fingerprint density at radius 3 is 2.72 bits per heavy atom. The predicted octanol–water partition coefficient (Wildman–Crippen LogP) is 3.93. The largest absolute Gasteiger partial charge is 0.339 e. The second-order valence-electron chi connectivity index (χ2n) is 5.42. The van der Waals surface area contributed by atoms with Crippen molar-refractivity contribution in [2.24, 2.45) is 0 Å². The number of pyridine rings is 1. The summed E-state index contributed by atoms with van der Waals surface area (Å²) in [5.74, 6) is -0.220. The van der Waals surface area contributed by atoms with Crippen LogP contribution in [0, 0.1) is 11.6 Å². The van der Waals surface area contributed by atoms with Crippen molar-refractivity contribution in [2.45, 2.75) is 6.54 Å². The molecule has 0 aliphatic carbocycles. The summed E-state index contributed by atoms with van der Waals surface area (Å²) in [6, 6.07) is 10.5. The van der Waals surface area contributed by atoms with Crippen LogP contribution in [0.15, 0.2) is 65.6 Å². The van der Waals surface area contributed by atoms with Crippen LogP contribution in [0.1, 0.15) is 5.56 Å². The molecule has 0 aliphatic rings. The van der Waals surface area contributed by atoms with Crippen LogP contribution >= 0.6 is 0 Å². The van der Waals surface area contributed by atoms with Gasteiger partial charge in [-0.1, -0.05) is 5.16 Å². The van der Waals surface area contributed by atoms with Gasteiger partial charge in [0.05, 0.1) is 6.54 Å². The summed E-state index contributed by atoms with van der Waals surface area (Å²) < 4.78 is 34.3. The number of nitrogens with zero attached hydrogens (tertiary/aromatic N) is 4. The molecule has 0 amide bonds. The first-order chi connectivity index (χ1) is 12.2. The van der Waals surface area contributed by atoms with E-state index in [1.165, 1.54) is 6.07 Å². The molecule has 1 aromatic carbocycles. The maximum atomic E-state index is 13.9. The van der Waals surface area contributed by atoms with Crippen LogP contribution in [0.3, 0.4) is 0 Å². The zero-order chi connectivity index (χ0) is 17.2. The van der Waals surface area contributed by atoms with Crippen LogP contribution < -0.4 is 0 Å². The van der Waals surface area contributed by atoms with Gasteiger partial charge >= 0.3 is 0 Å². The van der Waals surface area contributed by atoms with Crippen molar-refractivity contribution in [3.63, 3.8) is 0 Å². The van der Waals surface area contributed by atoms with Crippen molar-refractivity contribution in [1.29, 1.82) is 0 Å². The van der Waals surface area contributed by atoms with Gasteiger partial charge in [0.2, 0.25) is 5.82 Å². The monoisotopic (exact) mass is 338 g/mol. The van der Waals surface area contributed by atoms with Gasteiger partial charge in [0.25, 0.3) is 5.89 Å². The SMILES string of the molecule is Fc1ccc(F)c(Cn2cccc2-c2nc(-c3ccncc3)no2)c1. The van der Waals surface area contributed by atoms with Gasteiger partial charge in [0.15, 0.2) is 0 Å². The maximum absolute atomic E-state index is 13.9. The van der Waals surface area contributed by atoms with E-state index in [-0.39, 0.29) is 12.1 Å². The fraction of sp³-hybridized carbons (Fsp3) is 0.0556. The number of aromatic nitrogens is 4. The molecule has 0 unspecified atom stereocenters. The average Bonchev–Trinajstić information content (AvgIpc) is 3.28. The molecule has 0 spiro atoms. The molecule has 4 aromatic rings. The minimum Gasteiger partial charge on any atom is -0.339 e. The Balaban J connectivity index is 1.66. The van der Waals surface area contributed by atoms with Gasteiger partial charge in [-0.15, -0.1) is 0 Å². The minimum atomic E-state index is -0.483. The summed E-state index contributed by atoms with van der Waals surface area (Å²) >= 11 is 0. The fourth-order valence-corrected chi connectivity index (χ4v) is 2.54. The number of benzene rings is 1. The van der Waals surface area contributed by atoms with E-state index in [1.807, 2.05) is 0 Å². The van der Waals surface area contributed by atoms with Gasteiger partial charge in [-0.2, -0.15) is 4.98 Å². The van der Waals surface area contributed by atoms with Crippen LogP contribution in [0.5, 0.6) is 0 Å². The molecule has 0 bridgehead atoms. The third kappa shape index (κ3) is 3.03. The van der Waals surface area contributed by atoms with E-state index >= 15 is 0 Å². The third-order valence-electron chi connectivity index (χ3n) is 3.76. The highest BCUT2D eigenvalue weighted by Gasteiger charge is 2.15. The topological polar surface area (TPSA) is 56.7 Å². The Morgan fingerprint density at radius 2 is 1.88 bits per heavy atom. The van der Waals surface area contributed by atoms with E-state index in [2.05, 4.69) is 15.1 Å². The lowest BCUT2D eigenvalue weighted by Gasteiger charge is -2.08. The Kier molecular flexibility index (Phi) is 3.81. The molecule has 0 saturated carbocycles. The van der Waals surface area contributed by atoms with E-state index in [0.717, 1.165) is 17.7 Å². The smallest absolute Gasteiger partial charge is 0.274 e. The highest BCUT2D eigenvalue weighted by molar-refractivity contribution is 5.57. The molecule has 7 heteroatoms. The van der Waals surface area contributed by atoms with Crippen molar-refractivity contribution in [1.82, 2.24) is 19.7 Å². The Bertz CT molecular complexity index is 1010. The number of hydrogen-bond donors (Lipinski definition) is 0. The first-order valence-corrected chi connectivity index (χ1v) is 7.54. The summed E-state index contributed by atoms with van der Waals surface area (Å²) in [5.41, 5.74) is 1.64. The molecule has 0 atom stereocenters. The molecule has 3 heterocycles. The Hall–Kier alpha value is -3.35. The number of rotatable bonds is 4. The first-order valence-electron chi connectivity index (χ1n) is 7.54. The number of hydrogen-bond acceptors (Lipinski definition) is 4. The Morgan fingerprint density at radius 1 is 1.04 bits per heavy atom. The lowest BCUT2D eigenvalue weighted by Crippen LogP contribution is -2.03. The Labute approximate surface area is 141 Å². The quantitative estimate of drug-likeness (QED) is 0.566. The molecule has 3 aromatic heterocycles. The van der Waals surface area contributed by atoms with E-state index < -0.39 is 11.6 Å². The summed E-state index contributed by atoms with van der Waals surface area (Å²) in [6.07, 6.45) is 5.03. The van der Waals surface area contributed by atoms with E-state index in [9.17, 15) is 8.78 Å². The molecule has 0 radical (unpaired) electrons. The molecular weight excluding hydrogens is 326 g/mol. The molecule has 0 saturated heterocycles. The third-order valence-corrected chi connectivity index (χ3v) is 3.76. The fourth-order valence-electron chi connectivity index (χ4n) is 2.54. The van der Waals surface area contributed by atoms with Crippen LogP contribution in [-0.4, -0.2) is 19.7 Å². The first kappa shape index (κ1) is 15.2. The second kappa shape index (κ2) is 6.27. The predicted molar refractivity (Wildman–Crippen MR) is 86.4 cm³/mol. The highest BCUT2D eigenvalue weighted by atomic mass is 19.1. The van der Waals surface area contributed by atoms with Gasteiger partial charge in [-0.3, -0.25) is 4.98 Å². The normalized spacial score (nSPS) is 11.0. The van der Waals surface area contributed by atoms with E-state index in [0.29, 0.717) is 17.4 Å². The maximum Gasteiger partial charge on any atom is 0.274 e. The summed E-state index contributed by atoms with van der Waals surface area (Å²) in [7, 11) is 0. The molecule has 0 aliphatic heterocycles. The second-order valence-corrected chi connectivity index (χ2v) is 5.42. The van der Waals surface area contributed by atoms with Crippen LogP contribution in [0.4, 0.5) is 8.78 Å². The zero-order valence-electron chi connectivity index (χ0n) is 12.9. The molecule has 0 fully saturated rings. The van der Waals surface area contributed by atoms with Crippen molar-refractivity contribution in [3.05, 3.63) is 78.3 Å². The van der Waals surface area contributed by atoms with Crippen LogP contribution in [0.2, 0.25) is 0 Å². The molecule has 124 valence electrons. The van der Waals surface area contributed by atoms with Gasteiger partial charge in [-0.05, 0) is 42.5 Å². The standard InChI is InChI=1S/C18H12F2N4O/c19-14-3-4-15(20)13(10-14)11-24-9-1-2-16(24)18-22-17(23-25-18)12-5-7-21-8-6-12/h1-10H,11H2. The van der Waals surface area contributed by atoms with Crippen LogP contribution in [0.25, 0.3) is 23.0 Å². The molecule has 4 rings (SSSR count). The van der Waals surface area contributed by atoms with Crippen LogP contribution in [-0.2, 0) is 6.54 Å². The zero-order valence-corrected chi connectivity index (χ0v) is 12.9. The lowest BCUT2D eigenvalue weighted by molar-refractivity contribution is 0.429.